The molecule has 1 heterocycles. The van der Waals surface area contributed by atoms with Gasteiger partial charge in [0.2, 0.25) is 0 Å². The molecule has 2 rings (SSSR count). The first-order chi connectivity index (χ1) is 7.58. The van der Waals surface area contributed by atoms with Crippen molar-refractivity contribution in [1.82, 2.24) is 5.32 Å². The third-order valence-corrected chi connectivity index (χ3v) is 3.01. The Morgan fingerprint density at radius 2 is 2.06 bits per heavy atom. The fraction of sp³-hybridized carbons (Fsp3) is 0.500. The average molecular weight is 227 g/mol. The van der Waals surface area contributed by atoms with Gasteiger partial charge in [-0.05, 0) is 32.0 Å². The highest BCUT2D eigenvalue weighted by Crippen LogP contribution is 2.26. The van der Waals surface area contributed by atoms with Crippen LogP contribution in [0.15, 0.2) is 18.2 Å². The molecule has 88 valence electrons. The SMILES string of the molecule is CC1NCC(c2cc(F)ccc2F)OC1C. The maximum absolute atomic E-state index is 13.5. The van der Waals surface area contributed by atoms with Crippen molar-refractivity contribution in [1.29, 1.82) is 0 Å². The zero-order chi connectivity index (χ0) is 11.7. The third-order valence-electron chi connectivity index (χ3n) is 3.01. The molecular formula is C12H15F2NO. The molecule has 16 heavy (non-hydrogen) atoms. The summed E-state index contributed by atoms with van der Waals surface area (Å²) in [6, 6.07) is 3.68. The topological polar surface area (TPSA) is 21.3 Å². The summed E-state index contributed by atoms with van der Waals surface area (Å²) < 4.78 is 32.2. The van der Waals surface area contributed by atoms with Crippen LogP contribution in [0.4, 0.5) is 8.78 Å². The predicted molar refractivity (Wildman–Crippen MR) is 57.1 cm³/mol. The summed E-state index contributed by atoms with van der Waals surface area (Å²) in [6.45, 7) is 4.43. The lowest BCUT2D eigenvalue weighted by molar-refractivity contribution is -0.0524. The summed E-state index contributed by atoms with van der Waals surface area (Å²) in [5, 5.41) is 3.21. The van der Waals surface area contributed by atoms with Crippen molar-refractivity contribution < 1.29 is 13.5 Å². The molecular weight excluding hydrogens is 212 g/mol. The molecule has 1 aromatic rings. The number of halogens is 2. The van der Waals surface area contributed by atoms with Crippen molar-refractivity contribution >= 4 is 0 Å². The molecule has 1 N–H and O–H groups in total. The Labute approximate surface area is 93.6 Å². The largest absolute Gasteiger partial charge is 0.368 e. The van der Waals surface area contributed by atoms with E-state index in [9.17, 15) is 8.78 Å². The second-order valence-corrected chi connectivity index (χ2v) is 4.19. The number of benzene rings is 1. The van der Waals surface area contributed by atoms with Crippen LogP contribution in [0.1, 0.15) is 25.5 Å². The smallest absolute Gasteiger partial charge is 0.129 e. The minimum absolute atomic E-state index is 0.0126. The first kappa shape index (κ1) is 11.5. The van der Waals surface area contributed by atoms with Crippen LogP contribution in [0, 0.1) is 11.6 Å². The molecule has 0 amide bonds. The van der Waals surface area contributed by atoms with Gasteiger partial charge in [0.15, 0.2) is 0 Å². The first-order valence-corrected chi connectivity index (χ1v) is 5.41. The van der Waals surface area contributed by atoms with Gasteiger partial charge in [-0.2, -0.15) is 0 Å². The second kappa shape index (κ2) is 4.47. The van der Waals surface area contributed by atoms with Gasteiger partial charge in [-0.1, -0.05) is 0 Å². The second-order valence-electron chi connectivity index (χ2n) is 4.19. The van der Waals surface area contributed by atoms with Crippen LogP contribution in [0.3, 0.4) is 0 Å². The van der Waals surface area contributed by atoms with Gasteiger partial charge in [-0.25, -0.2) is 8.78 Å². The summed E-state index contributed by atoms with van der Waals surface area (Å²) in [6.07, 6.45) is -0.427. The molecule has 0 spiro atoms. The fourth-order valence-corrected chi connectivity index (χ4v) is 1.83. The maximum atomic E-state index is 13.5. The minimum atomic E-state index is -0.439. The van der Waals surface area contributed by atoms with Gasteiger partial charge in [0.25, 0.3) is 0 Å². The van der Waals surface area contributed by atoms with E-state index in [1.54, 1.807) is 0 Å². The Bertz CT molecular complexity index is 383. The van der Waals surface area contributed by atoms with Crippen LogP contribution >= 0.6 is 0 Å². The van der Waals surface area contributed by atoms with E-state index in [2.05, 4.69) is 5.32 Å². The molecule has 1 aliphatic heterocycles. The van der Waals surface area contributed by atoms with Crippen LogP contribution in [0.5, 0.6) is 0 Å². The highest BCUT2D eigenvalue weighted by atomic mass is 19.1. The Balaban J connectivity index is 2.21. The Morgan fingerprint density at radius 1 is 1.31 bits per heavy atom. The number of nitrogens with one attached hydrogen (secondary N) is 1. The van der Waals surface area contributed by atoms with E-state index in [4.69, 9.17) is 4.74 Å². The van der Waals surface area contributed by atoms with E-state index < -0.39 is 17.7 Å². The summed E-state index contributed by atoms with van der Waals surface area (Å²) in [7, 11) is 0. The van der Waals surface area contributed by atoms with Crippen molar-refractivity contribution in [2.45, 2.75) is 32.1 Å². The van der Waals surface area contributed by atoms with E-state index in [1.165, 1.54) is 6.07 Å². The van der Waals surface area contributed by atoms with Gasteiger partial charge < -0.3 is 10.1 Å². The van der Waals surface area contributed by atoms with E-state index >= 15 is 0 Å². The summed E-state index contributed by atoms with van der Waals surface area (Å²) in [4.78, 5) is 0. The van der Waals surface area contributed by atoms with Crippen molar-refractivity contribution in [2.24, 2.45) is 0 Å². The number of hydrogen-bond donors (Lipinski definition) is 1. The van der Waals surface area contributed by atoms with Crippen molar-refractivity contribution in [3.05, 3.63) is 35.4 Å². The third kappa shape index (κ3) is 2.23. The molecule has 2 nitrogen and oxygen atoms in total. The molecule has 1 aliphatic rings. The van der Waals surface area contributed by atoms with Crippen LogP contribution < -0.4 is 5.32 Å². The predicted octanol–water partition coefficient (Wildman–Crippen LogP) is 2.40. The normalized spacial score (nSPS) is 30.4. The van der Waals surface area contributed by atoms with E-state index in [-0.39, 0.29) is 17.7 Å². The maximum Gasteiger partial charge on any atom is 0.129 e. The minimum Gasteiger partial charge on any atom is -0.368 e. The molecule has 0 aliphatic carbocycles. The van der Waals surface area contributed by atoms with Crippen LogP contribution in [-0.2, 0) is 4.74 Å². The standard InChI is InChI=1S/C12H15F2NO/c1-7-8(2)16-12(6-15-7)10-5-9(13)3-4-11(10)14/h3-5,7-8,12,15H,6H2,1-2H3. The molecule has 3 atom stereocenters. The Morgan fingerprint density at radius 3 is 2.75 bits per heavy atom. The molecule has 0 saturated carbocycles. The molecule has 1 aromatic carbocycles. The molecule has 0 aromatic heterocycles. The molecule has 0 bridgehead atoms. The van der Waals surface area contributed by atoms with Gasteiger partial charge in [-0.15, -0.1) is 0 Å². The van der Waals surface area contributed by atoms with Crippen molar-refractivity contribution in [2.75, 3.05) is 6.54 Å². The number of ether oxygens (including phenoxy) is 1. The van der Waals surface area contributed by atoms with Crippen LogP contribution in [0.25, 0.3) is 0 Å². The summed E-state index contributed by atoms with van der Waals surface area (Å²) in [5.41, 5.74) is 0.284. The monoisotopic (exact) mass is 227 g/mol. The lowest BCUT2D eigenvalue weighted by Crippen LogP contribution is -2.46. The Hall–Kier alpha value is -1.00. The van der Waals surface area contributed by atoms with Crippen molar-refractivity contribution in [3.63, 3.8) is 0 Å². The van der Waals surface area contributed by atoms with Crippen LogP contribution in [0.2, 0.25) is 0 Å². The molecule has 4 heteroatoms. The fourth-order valence-electron chi connectivity index (χ4n) is 1.83. The number of morpholine rings is 1. The summed E-state index contributed by atoms with van der Waals surface area (Å²) in [5.74, 6) is -0.860. The molecule has 1 fully saturated rings. The number of hydrogen-bond acceptors (Lipinski definition) is 2. The zero-order valence-corrected chi connectivity index (χ0v) is 9.34. The van der Waals surface area contributed by atoms with Gasteiger partial charge in [-0.3, -0.25) is 0 Å². The van der Waals surface area contributed by atoms with Gasteiger partial charge in [0, 0.05) is 18.2 Å². The van der Waals surface area contributed by atoms with E-state index in [0.717, 1.165) is 12.1 Å². The highest BCUT2D eigenvalue weighted by Gasteiger charge is 2.27. The van der Waals surface area contributed by atoms with E-state index in [0.29, 0.717) is 6.54 Å². The molecule has 1 saturated heterocycles. The van der Waals surface area contributed by atoms with E-state index in [1.807, 2.05) is 13.8 Å². The molecule has 0 radical (unpaired) electrons. The quantitative estimate of drug-likeness (QED) is 0.795. The van der Waals surface area contributed by atoms with Gasteiger partial charge in [0.05, 0.1) is 12.2 Å². The number of rotatable bonds is 1. The lowest BCUT2D eigenvalue weighted by Gasteiger charge is -2.34. The lowest BCUT2D eigenvalue weighted by atomic mass is 10.0. The van der Waals surface area contributed by atoms with Gasteiger partial charge >= 0.3 is 0 Å². The van der Waals surface area contributed by atoms with Crippen LogP contribution in [-0.4, -0.2) is 18.7 Å². The summed E-state index contributed by atoms with van der Waals surface area (Å²) >= 11 is 0. The van der Waals surface area contributed by atoms with Gasteiger partial charge in [0.1, 0.15) is 11.6 Å². The highest BCUT2D eigenvalue weighted by molar-refractivity contribution is 5.22. The molecule has 3 unspecified atom stereocenters. The average Bonchev–Trinajstić information content (AvgIpc) is 2.26. The zero-order valence-electron chi connectivity index (χ0n) is 9.34. The Kier molecular flexibility index (Phi) is 3.21. The van der Waals surface area contributed by atoms with Crippen molar-refractivity contribution in [3.8, 4) is 0 Å². The first-order valence-electron chi connectivity index (χ1n) is 5.41.